The third-order valence-electron chi connectivity index (χ3n) is 7.19. The summed E-state index contributed by atoms with van der Waals surface area (Å²) in [5, 5.41) is 13.2. The fourth-order valence-corrected chi connectivity index (χ4v) is 6.62. The van der Waals surface area contributed by atoms with Gasteiger partial charge in [0.05, 0.1) is 28.4 Å². The van der Waals surface area contributed by atoms with Crippen LogP contribution in [0.25, 0.3) is 10.2 Å². The zero-order chi connectivity index (χ0) is 26.6. The van der Waals surface area contributed by atoms with E-state index in [1.807, 2.05) is 19.1 Å². The molecule has 9 nitrogen and oxygen atoms in total. The second kappa shape index (κ2) is 13.2. The van der Waals surface area contributed by atoms with E-state index in [1.54, 1.807) is 17.0 Å². The first-order chi connectivity index (χ1) is 18.4. The second-order valence-electron chi connectivity index (χ2n) is 9.84. The van der Waals surface area contributed by atoms with E-state index in [2.05, 4.69) is 9.80 Å². The van der Waals surface area contributed by atoms with Crippen LogP contribution >= 0.6 is 35.3 Å². The Balaban J connectivity index is 0.00000353. The molecular formula is C27H33Cl2N5O4S. The number of nitrogens with zero attached hydrogens (tertiary/aromatic N) is 5. The first-order valence-electron chi connectivity index (χ1n) is 13.1. The van der Waals surface area contributed by atoms with E-state index in [4.69, 9.17) is 21.3 Å². The van der Waals surface area contributed by atoms with Crippen LogP contribution in [0.15, 0.2) is 30.3 Å². The minimum atomic E-state index is -0.382. The van der Waals surface area contributed by atoms with Crippen LogP contribution in [0.2, 0.25) is 5.02 Å². The minimum Gasteiger partial charge on any atom is -0.379 e. The standard InChI is InChI=1S/C27H32ClN5O4S.ClH/c1-19-16-21(28)18-24-25(19)29-27(38-24)32(11-5-8-30-12-14-37-15-13-30)26(34)20-6-7-22(23(17-20)33(35)36)31-9-3-2-4-10-31;/h6-7,16-18H,2-5,8-15H2,1H3;1H. The van der Waals surface area contributed by atoms with E-state index in [9.17, 15) is 14.9 Å². The number of carbonyl (C=O) groups excluding carboxylic acids is 1. The molecule has 0 atom stereocenters. The monoisotopic (exact) mass is 593 g/mol. The number of aromatic nitrogens is 1. The van der Waals surface area contributed by atoms with Gasteiger partial charge in [0, 0.05) is 55.9 Å². The second-order valence-corrected chi connectivity index (χ2v) is 11.3. The number of ether oxygens (including phenoxy) is 1. The first kappa shape index (κ1) is 29.5. The Kier molecular flexibility index (Phi) is 10.0. The fraction of sp³-hybridized carbons (Fsp3) is 0.481. The summed E-state index contributed by atoms with van der Waals surface area (Å²) in [6.45, 7) is 7.98. The number of amides is 1. The maximum atomic E-state index is 13.9. The van der Waals surface area contributed by atoms with Crippen molar-refractivity contribution in [2.75, 3.05) is 62.3 Å². The Morgan fingerprint density at radius 1 is 1.15 bits per heavy atom. The lowest BCUT2D eigenvalue weighted by Gasteiger charge is -2.29. The Bertz CT molecular complexity index is 1320. The van der Waals surface area contributed by atoms with Crippen molar-refractivity contribution in [3.63, 3.8) is 0 Å². The molecule has 210 valence electrons. The van der Waals surface area contributed by atoms with Crippen molar-refractivity contribution >= 4 is 68.0 Å². The number of hydrogen-bond donors (Lipinski definition) is 0. The maximum Gasteiger partial charge on any atom is 0.293 e. The molecule has 0 radical (unpaired) electrons. The maximum absolute atomic E-state index is 13.9. The molecule has 0 unspecified atom stereocenters. The average molecular weight is 595 g/mol. The molecule has 3 heterocycles. The van der Waals surface area contributed by atoms with E-state index in [-0.39, 0.29) is 34.5 Å². The molecule has 0 spiro atoms. The summed E-state index contributed by atoms with van der Waals surface area (Å²) in [5.41, 5.74) is 2.59. The molecule has 5 rings (SSSR count). The van der Waals surface area contributed by atoms with Crippen LogP contribution in [0.4, 0.5) is 16.5 Å². The highest BCUT2D eigenvalue weighted by molar-refractivity contribution is 7.22. The van der Waals surface area contributed by atoms with Gasteiger partial charge in [-0.25, -0.2) is 4.98 Å². The van der Waals surface area contributed by atoms with Crippen molar-refractivity contribution in [3.05, 3.63) is 56.6 Å². The zero-order valence-corrected chi connectivity index (χ0v) is 24.3. The Hall–Kier alpha value is -2.50. The lowest BCUT2D eigenvalue weighted by atomic mass is 10.1. The highest BCUT2D eigenvalue weighted by atomic mass is 35.5. The predicted molar refractivity (Wildman–Crippen MR) is 159 cm³/mol. The van der Waals surface area contributed by atoms with Crippen molar-refractivity contribution in [2.24, 2.45) is 0 Å². The van der Waals surface area contributed by atoms with Gasteiger partial charge in [0.2, 0.25) is 0 Å². The normalized spacial score (nSPS) is 16.2. The van der Waals surface area contributed by atoms with Gasteiger partial charge in [0.1, 0.15) is 5.69 Å². The lowest BCUT2D eigenvalue weighted by Crippen LogP contribution is -2.39. The third-order valence-corrected chi connectivity index (χ3v) is 8.43. The number of nitro groups is 1. The smallest absolute Gasteiger partial charge is 0.293 e. The van der Waals surface area contributed by atoms with Crippen molar-refractivity contribution in [1.82, 2.24) is 9.88 Å². The number of nitro benzene ring substituents is 1. The molecule has 2 fully saturated rings. The van der Waals surface area contributed by atoms with Crippen molar-refractivity contribution in [2.45, 2.75) is 32.6 Å². The van der Waals surface area contributed by atoms with E-state index >= 15 is 0 Å². The molecule has 39 heavy (non-hydrogen) atoms. The number of benzene rings is 2. The van der Waals surface area contributed by atoms with Crippen LogP contribution in [0.1, 0.15) is 41.6 Å². The molecule has 2 saturated heterocycles. The van der Waals surface area contributed by atoms with Crippen molar-refractivity contribution < 1.29 is 14.5 Å². The molecule has 0 aliphatic carbocycles. The van der Waals surface area contributed by atoms with Gasteiger partial charge >= 0.3 is 0 Å². The van der Waals surface area contributed by atoms with Gasteiger partial charge in [-0.1, -0.05) is 22.9 Å². The van der Waals surface area contributed by atoms with Crippen LogP contribution < -0.4 is 9.80 Å². The highest BCUT2D eigenvalue weighted by Crippen LogP contribution is 2.35. The van der Waals surface area contributed by atoms with Gasteiger partial charge in [0.15, 0.2) is 5.13 Å². The number of fused-ring (bicyclic) bond motifs is 1. The SMILES string of the molecule is Cc1cc(Cl)cc2sc(N(CCCN3CCOCC3)C(=O)c3ccc(N4CCCCC4)c([N+](=O)[O-])c3)nc12.Cl. The molecule has 0 N–H and O–H groups in total. The van der Waals surface area contributed by atoms with Crippen LogP contribution in [0.3, 0.4) is 0 Å². The molecule has 12 heteroatoms. The van der Waals surface area contributed by atoms with Gasteiger partial charge in [-0.05, 0) is 62.4 Å². The van der Waals surface area contributed by atoms with Gasteiger partial charge in [-0.2, -0.15) is 0 Å². The summed E-state index contributed by atoms with van der Waals surface area (Å²) < 4.78 is 6.35. The molecule has 1 aromatic heterocycles. The summed E-state index contributed by atoms with van der Waals surface area (Å²) in [6, 6.07) is 8.59. The van der Waals surface area contributed by atoms with Crippen LogP contribution in [0.5, 0.6) is 0 Å². The number of halogens is 2. The molecule has 3 aromatic rings. The Morgan fingerprint density at radius 2 is 1.90 bits per heavy atom. The first-order valence-corrected chi connectivity index (χ1v) is 14.3. The summed E-state index contributed by atoms with van der Waals surface area (Å²) in [5.74, 6) is -0.289. The molecule has 1 amide bonds. The summed E-state index contributed by atoms with van der Waals surface area (Å²) in [7, 11) is 0. The predicted octanol–water partition coefficient (Wildman–Crippen LogP) is 5.95. The number of thiazole rings is 1. The van der Waals surface area contributed by atoms with E-state index in [1.165, 1.54) is 17.4 Å². The van der Waals surface area contributed by atoms with E-state index in [0.29, 0.717) is 35.6 Å². The number of morpholine rings is 1. The van der Waals surface area contributed by atoms with Crippen LogP contribution in [-0.2, 0) is 4.74 Å². The van der Waals surface area contributed by atoms with Crippen LogP contribution in [-0.4, -0.2) is 73.2 Å². The van der Waals surface area contributed by atoms with Gasteiger partial charge < -0.3 is 9.64 Å². The summed E-state index contributed by atoms with van der Waals surface area (Å²) in [6.07, 6.45) is 3.90. The molecule has 2 aromatic carbocycles. The highest BCUT2D eigenvalue weighted by Gasteiger charge is 2.27. The molecule has 0 bridgehead atoms. The average Bonchev–Trinajstić information content (AvgIpc) is 3.35. The Morgan fingerprint density at radius 3 is 2.62 bits per heavy atom. The van der Waals surface area contributed by atoms with Gasteiger partial charge in [-0.15, -0.1) is 12.4 Å². The lowest BCUT2D eigenvalue weighted by molar-refractivity contribution is -0.384. The largest absolute Gasteiger partial charge is 0.379 e. The molecule has 2 aliphatic heterocycles. The summed E-state index contributed by atoms with van der Waals surface area (Å²) in [4.78, 5) is 36.4. The van der Waals surface area contributed by atoms with Crippen LogP contribution in [0, 0.1) is 17.0 Å². The topological polar surface area (TPSA) is 92.0 Å². The van der Waals surface area contributed by atoms with E-state index in [0.717, 1.165) is 74.2 Å². The quantitative estimate of drug-likeness (QED) is 0.235. The van der Waals surface area contributed by atoms with Crippen molar-refractivity contribution in [1.29, 1.82) is 0 Å². The number of carbonyl (C=O) groups is 1. The number of rotatable bonds is 8. The molecule has 0 saturated carbocycles. The number of anilines is 2. The molecule has 2 aliphatic rings. The number of aryl methyl sites for hydroxylation is 1. The molecular weight excluding hydrogens is 561 g/mol. The van der Waals surface area contributed by atoms with Crippen molar-refractivity contribution in [3.8, 4) is 0 Å². The minimum absolute atomic E-state index is 0. The number of piperidine rings is 1. The zero-order valence-electron chi connectivity index (χ0n) is 21.9. The van der Waals surface area contributed by atoms with Gasteiger partial charge in [0.25, 0.3) is 11.6 Å². The summed E-state index contributed by atoms with van der Waals surface area (Å²) >= 11 is 7.69. The Labute approximate surface area is 243 Å². The third kappa shape index (κ3) is 6.81. The van der Waals surface area contributed by atoms with E-state index < -0.39 is 0 Å². The van der Waals surface area contributed by atoms with Gasteiger partial charge in [-0.3, -0.25) is 24.7 Å². The fourth-order valence-electron chi connectivity index (χ4n) is 5.18. The number of hydrogen-bond acceptors (Lipinski definition) is 8.